The highest BCUT2D eigenvalue weighted by Crippen LogP contribution is 2.28. The van der Waals surface area contributed by atoms with Gasteiger partial charge in [0.05, 0.1) is 6.61 Å². The van der Waals surface area contributed by atoms with Gasteiger partial charge in [-0.25, -0.2) is 13.2 Å². The van der Waals surface area contributed by atoms with Crippen LogP contribution in [0.3, 0.4) is 0 Å². The van der Waals surface area contributed by atoms with E-state index >= 15 is 0 Å². The van der Waals surface area contributed by atoms with Gasteiger partial charge in [-0.2, -0.15) is 8.78 Å². The van der Waals surface area contributed by atoms with Gasteiger partial charge >= 0.3 is 0 Å². The first-order valence-electron chi connectivity index (χ1n) is 4.14. The summed E-state index contributed by atoms with van der Waals surface area (Å²) in [5.41, 5.74) is 0. The molecule has 1 aromatic rings. The normalized spacial score (nSPS) is 10.5. The zero-order valence-electron chi connectivity index (χ0n) is 7.71. The highest BCUT2D eigenvalue weighted by Gasteiger charge is 2.26. The maximum Gasteiger partial charge on any atom is 0.206 e. The van der Waals surface area contributed by atoms with E-state index in [2.05, 4.69) is 4.74 Å². The monoisotopic (exact) mass is 226 g/mol. The average Bonchev–Trinajstić information content (AvgIpc) is 2.24. The van der Waals surface area contributed by atoms with Gasteiger partial charge in [0.1, 0.15) is 0 Å². The molecule has 0 aliphatic heterocycles. The van der Waals surface area contributed by atoms with Crippen LogP contribution in [0.2, 0.25) is 0 Å². The van der Waals surface area contributed by atoms with Crippen molar-refractivity contribution in [3.8, 4) is 5.75 Å². The van der Waals surface area contributed by atoms with E-state index in [1.54, 1.807) is 6.92 Å². The van der Waals surface area contributed by atoms with E-state index in [-0.39, 0.29) is 6.61 Å². The molecule has 0 bridgehead atoms. The molecule has 0 amide bonds. The Morgan fingerprint density at radius 3 is 1.60 bits per heavy atom. The van der Waals surface area contributed by atoms with Crippen LogP contribution in [-0.2, 0) is 0 Å². The first-order valence-corrected chi connectivity index (χ1v) is 4.14. The summed E-state index contributed by atoms with van der Waals surface area (Å²) >= 11 is 0. The summed E-state index contributed by atoms with van der Waals surface area (Å²) in [5, 5.41) is 0. The van der Waals surface area contributed by atoms with Crippen LogP contribution >= 0.6 is 0 Å². The van der Waals surface area contributed by atoms with Crippen molar-refractivity contribution >= 4 is 0 Å². The number of rotatable bonds is 3. The summed E-state index contributed by atoms with van der Waals surface area (Å²) in [6, 6.07) is 0. The molecule has 1 aromatic carbocycles. The van der Waals surface area contributed by atoms with Crippen molar-refractivity contribution in [3.63, 3.8) is 0 Å². The molecular weight excluding hydrogens is 219 g/mol. The highest BCUT2D eigenvalue weighted by molar-refractivity contribution is 5.29. The van der Waals surface area contributed by atoms with E-state index in [1.807, 2.05) is 0 Å². The van der Waals surface area contributed by atoms with Gasteiger partial charge in [0.2, 0.25) is 29.1 Å². The molecule has 0 heterocycles. The van der Waals surface area contributed by atoms with E-state index in [1.165, 1.54) is 0 Å². The van der Waals surface area contributed by atoms with Crippen LogP contribution in [0, 0.1) is 29.1 Å². The van der Waals surface area contributed by atoms with Gasteiger partial charge in [0.25, 0.3) is 0 Å². The van der Waals surface area contributed by atoms with Gasteiger partial charge in [-0.1, -0.05) is 6.92 Å². The minimum atomic E-state index is -2.19. The minimum absolute atomic E-state index is 0.127. The second kappa shape index (κ2) is 4.46. The molecule has 0 unspecified atom stereocenters. The molecule has 0 radical (unpaired) electrons. The smallest absolute Gasteiger partial charge is 0.206 e. The predicted molar refractivity (Wildman–Crippen MR) is 42.0 cm³/mol. The molecule has 0 saturated heterocycles. The molecule has 0 spiro atoms. The van der Waals surface area contributed by atoms with Crippen LogP contribution in [0.5, 0.6) is 5.75 Å². The van der Waals surface area contributed by atoms with Crippen molar-refractivity contribution in [2.75, 3.05) is 6.61 Å². The molecule has 0 saturated carbocycles. The average molecular weight is 226 g/mol. The summed E-state index contributed by atoms with van der Waals surface area (Å²) in [7, 11) is 0. The molecule has 0 aliphatic carbocycles. The van der Waals surface area contributed by atoms with Gasteiger partial charge in [-0.3, -0.25) is 0 Å². The Labute approximate surface area is 82.5 Å². The molecule has 0 fully saturated rings. The lowest BCUT2D eigenvalue weighted by molar-refractivity contribution is 0.262. The molecule has 15 heavy (non-hydrogen) atoms. The van der Waals surface area contributed by atoms with Crippen LogP contribution in [0.15, 0.2) is 0 Å². The lowest BCUT2D eigenvalue weighted by Gasteiger charge is -2.08. The van der Waals surface area contributed by atoms with Crippen molar-refractivity contribution in [1.82, 2.24) is 0 Å². The molecule has 84 valence electrons. The fourth-order valence-corrected chi connectivity index (χ4v) is 0.916. The third kappa shape index (κ3) is 2.03. The fraction of sp³-hybridized carbons (Fsp3) is 0.333. The van der Waals surface area contributed by atoms with Gasteiger partial charge < -0.3 is 4.74 Å². The van der Waals surface area contributed by atoms with E-state index in [9.17, 15) is 22.0 Å². The SMILES string of the molecule is CCCOc1c(F)c(F)c(F)c(F)c1F. The second-order valence-electron chi connectivity index (χ2n) is 2.75. The minimum Gasteiger partial charge on any atom is -0.487 e. The molecule has 1 nitrogen and oxygen atoms in total. The highest BCUT2D eigenvalue weighted by atomic mass is 19.2. The van der Waals surface area contributed by atoms with Crippen molar-refractivity contribution < 1.29 is 26.7 Å². The van der Waals surface area contributed by atoms with Crippen molar-refractivity contribution in [3.05, 3.63) is 29.1 Å². The molecule has 0 aliphatic rings. The first kappa shape index (κ1) is 11.7. The topological polar surface area (TPSA) is 9.23 Å². The number of halogens is 5. The van der Waals surface area contributed by atoms with Crippen LogP contribution in [0.25, 0.3) is 0 Å². The van der Waals surface area contributed by atoms with E-state index in [0.717, 1.165) is 0 Å². The van der Waals surface area contributed by atoms with E-state index < -0.39 is 34.8 Å². The largest absolute Gasteiger partial charge is 0.487 e. The maximum absolute atomic E-state index is 12.9. The maximum atomic E-state index is 12.9. The Morgan fingerprint density at radius 2 is 1.20 bits per heavy atom. The zero-order valence-corrected chi connectivity index (χ0v) is 7.71. The number of ether oxygens (including phenoxy) is 1. The first-order chi connectivity index (χ1) is 7.00. The van der Waals surface area contributed by atoms with Gasteiger partial charge in [-0.15, -0.1) is 0 Å². The Morgan fingerprint density at radius 1 is 0.800 bits per heavy atom. The van der Waals surface area contributed by atoms with Crippen molar-refractivity contribution in [2.24, 2.45) is 0 Å². The molecule has 1 rings (SSSR count). The lowest BCUT2D eigenvalue weighted by atomic mass is 10.2. The third-order valence-corrected chi connectivity index (χ3v) is 1.62. The number of hydrogen-bond acceptors (Lipinski definition) is 1. The number of hydrogen-bond donors (Lipinski definition) is 0. The van der Waals surface area contributed by atoms with E-state index in [0.29, 0.717) is 6.42 Å². The summed E-state index contributed by atoms with van der Waals surface area (Å²) in [4.78, 5) is 0. The van der Waals surface area contributed by atoms with Crippen LogP contribution in [0.1, 0.15) is 13.3 Å². The van der Waals surface area contributed by atoms with Gasteiger partial charge in [-0.05, 0) is 6.42 Å². The molecule has 0 atom stereocenters. The van der Waals surface area contributed by atoms with Crippen LogP contribution in [0.4, 0.5) is 22.0 Å². The van der Waals surface area contributed by atoms with E-state index in [4.69, 9.17) is 0 Å². The van der Waals surface area contributed by atoms with Crippen molar-refractivity contribution in [2.45, 2.75) is 13.3 Å². The summed E-state index contributed by atoms with van der Waals surface area (Å²) in [6.07, 6.45) is 0.388. The Hall–Kier alpha value is -1.33. The Balaban J connectivity index is 3.26. The quantitative estimate of drug-likeness (QED) is 0.437. The summed E-state index contributed by atoms with van der Waals surface area (Å²) in [5.74, 6) is -11.3. The third-order valence-electron chi connectivity index (χ3n) is 1.62. The Kier molecular flexibility index (Phi) is 3.49. The van der Waals surface area contributed by atoms with Crippen LogP contribution < -0.4 is 4.74 Å². The summed E-state index contributed by atoms with van der Waals surface area (Å²) in [6.45, 7) is 1.50. The second-order valence-corrected chi connectivity index (χ2v) is 2.75. The zero-order chi connectivity index (χ0) is 11.6. The van der Waals surface area contributed by atoms with Gasteiger partial charge in [0.15, 0.2) is 5.75 Å². The molecule has 6 heteroatoms. The number of benzene rings is 1. The van der Waals surface area contributed by atoms with Gasteiger partial charge in [0, 0.05) is 0 Å². The summed E-state index contributed by atoms with van der Waals surface area (Å²) < 4.78 is 67.9. The lowest BCUT2D eigenvalue weighted by Crippen LogP contribution is -2.07. The van der Waals surface area contributed by atoms with Crippen LogP contribution in [-0.4, -0.2) is 6.61 Å². The molecule has 0 N–H and O–H groups in total. The predicted octanol–water partition coefficient (Wildman–Crippen LogP) is 3.17. The Bertz CT molecular complexity index is 348. The fourth-order valence-electron chi connectivity index (χ4n) is 0.916. The van der Waals surface area contributed by atoms with Crippen molar-refractivity contribution in [1.29, 1.82) is 0 Å². The standard InChI is InChI=1S/C9H7F5O/c1-2-3-15-9-7(13)5(11)4(10)6(12)8(9)14/h2-3H2,1H3. The molecular formula is C9H7F5O. The molecule has 0 aromatic heterocycles.